The first-order chi connectivity index (χ1) is 8.74. The van der Waals surface area contributed by atoms with E-state index in [9.17, 15) is 4.79 Å². The highest BCUT2D eigenvalue weighted by molar-refractivity contribution is 5.97. The molecule has 1 aliphatic rings. The van der Waals surface area contributed by atoms with Crippen LogP contribution in [-0.4, -0.2) is 42.0 Å². The van der Waals surface area contributed by atoms with Crippen LogP contribution in [0.3, 0.4) is 0 Å². The molecule has 1 fully saturated rings. The minimum atomic E-state index is 0.0216. The Balaban J connectivity index is 1.90. The molecule has 1 aromatic heterocycles. The summed E-state index contributed by atoms with van der Waals surface area (Å²) in [6, 6.07) is 5.33. The number of nitrogens with zero attached hydrogens (tertiary/aromatic N) is 2. The first kappa shape index (κ1) is 11.0. The van der Waals surface area contributed by atoms with Gasteiger partial charge in [-0.15, -0.1) is 0 Å². The van der Waals surface area contributed by atoms with E-state index in [1.165, 1.54) is 0 Å². The zero-order chi connectivity index (χ0) is 12.5. The van der Waals surface area contributed by atoms with E-state index < -0.39 is 0 Å². The number of aromatic nitrogens is 1. The van der Waals surface area contributed by atoms with Gasteiger partial charge in [-0.1, -0.05) is 0 Å². The van der Waals surface area contributed by atoms with Crippen molar-refractivity contribution in [2.45, 2.75) is 0 Å². The number of nitrogen functional groups attached to an aromatic ring is 1. The summed E-state index contributed by atoms with van der Waals surface area (Å²) >= 11 is 0. The smallest absolute Gasteiger partial charge is 0.292 e. The Hall–Kier alpha value is -2.08. The van der Waals surface area contributed by atoms with E-state index in [0.717, 1.165) is 26.2 Å². The second-order valence-electron chi connectivity index (χ2n) is 4.28. The summed E-state index contributed by atoms with van der Waals surface area (Å²) in [6.07, 6.45) is 0. The van der Waals surface area contributed by atoms with Gasteiger partial charge in [0, 0.05) is 31.7 Å². The summed E-state index contributed by atoms with van der Waals surface area (Å²) in [5.74, 6) is 0.0216. The number of piperazine rings is 1. The molecule has 1 aliphatic heterocycles. The zero-order valence-electron chi connectivity index (χ0n) is 9.85. The number of rotatable bonds is 1. The number of carbonyl (C=O) groups is 1. The van der Waals surface area contributed by atoms with Crippen LogP contribution in [0.15, 0.2) is 22.6 Å². The van der Waals surface area contributed by atoms with Crippen LogP contribution in [0.25, 0.3) is 11.1 Å². The van der Waals surface area contributed by atoms with Gasteiger partial charge >= 0.3 is 0 Å². The zero-order valence-corrected chi connectivity index (χ0v) is 9.85. The molecular weight excluding hydrogens is 232 g/mol. The Bertz CT molecular complexity index is 587. The van der Waals surface area contributed by atoms with E-state index in [0.29, 0.717) is 16.7 Å². The topological polar surface area (TPSA) is 84.4 Å². The van der Waals surface area contributed by atoms with Crippen molar-refractivity contribution in [3.63, 3.8) is 0 Å². The van der Waals surface area contributed by atoms with Gasteiger partial charge in [0.2, 0.25) is 0 Å². The van der Waals surface area contributed by atoms with Gasteiger partial charge in [-0.3, -0.25) is 4.79 Å². The lowest BCUT2D eigenvalue weighted by Gasteiger charge is -2.27. The molecule has 2 heterocycles. The number of hydrogen-bond acceptors (Lipinski definition) is 5. The van der Waals surface area contributed by atoms with Crippen LogP contribution < -0.4 is 11.1 Å². The van der Waals surface area contributed by atoms with Crippen molar-refractivity contribution >= 4 is 23.0 Å². The summed E-state index contributed by atoms with van der Waals surface area (Å²) in [6.45, 7) is 3.14. The molecule has 0 atom stereocenters. The fourth-order valence-electron chi connectivity index (χ4n) is 2.13. The predicted molar refractivity (Wildman–Crippen MR) is 67.2 cm³/mol. The summed E-state index contributed by atoms with van der Waals surface area (Å²) < 4.78 is 5.23. The van der Waals surface area contributed by atoms with Crippen LogP contribution in [0, 0.1) is 0 Å². The molecule has 0 radical (unpaired) electrons. The van der Waals surface area contributed by atoms with Crippen LogP contribution in [0.4, 0.5) is 6.01 Å². The molecule has 3 N–H and O–H groups in total. The van der Waals surface area contributed by atoms with Gasteiger partial charge in [0.05, 0.1) is 0 Å². The van der Waals surface area contributed by atoms with Crippen molar-refractivity contribution in [3.05, 3.63) is 23.8 Å². The fourth-order valence-corrected chi connectivity index (χ4v) is 2.13. The van der Waals surface area contributed by atoms with Crippen LogP contribution in [0.2, 0.25) is 0 Å². The quantitative estimate of drug-likeness (QED) is 0.763. The standard InChI is InChI=1S/C12H14N4O2/c13-12-15-9-2-1-8(7-10(9)18-12)11(17)16-5-3-14-4-6-16/h1-2,7,14H,3-6H2,(H2,13,15). The molecule has 6 heteroatoms. The summed E-state index contributed by atoms with van der Waals surface area (Å²) in [5.41, 5.74) is 7.31. The molecule has 1 saturated heterocycles. The minimum Gasteiger partial charge on any atom is -0.424 e. The van der Waals surface area contributed by atoms with Crippen molar-refractivity contribution in [1.82, 2.24) is 15.2 Å². The summed E-state index contributed by atoms with van der Waals surface area (Å²) in [4.78, 5) is 18.1. The minimum absolute atomic E-state index is 0.0216. The number of hydrogen-bond donors (Lipinski definition) is 2. The molecule has 0 bridgehead atoms. The number of anilines is 1. The summed E-state index contributed by atoms with van der Waals surface area (Å²) in [5, 5.41) is 3.22. The van der Waals surface area contributed by atoms with Crippen molar-refractivity contribution in [2.75, 3.05) is 31.9 Å². The molecule has 0 spiro atoms. The molecule has 6 nitrogen and oxygen atoms in total. The molecule has 1 aromatic carbocycles. The Morgan fingerprint density at radius 3 is 2.94 bits per heavy atom. The van der Waals surface area contributed by atoms with Crippen molar-refractivity contribution in [3.8, 4) is 0 Å². The maximum atomic E-state index is 12.3. The molecule has 18 heavy (non-hydrogen) atoms. The van der Waals surface area contributed by atoms with Crippen molar-refractivity contribution in [2.24, 2.45) is 0 Å². The third-order valence-corrected chi connectivity index (χ3v) is 3.06. The number of benzene rings is 1. The van der Waals surface area contributed by atoms with E-state index in [4.69, 9.17) is 10.2 Å². The first-order valence-corrected chi connectivity index (χ1v) is 5.90. The Morgan fingerprint density at radius 2 is 2.17 bits per heavy atom. The van der Waals surface area contributed by atoms with Crippen molar-refractivity contribution in [1.29, 1.82) is 0 Å². The maximum absolute atomic E-state index is 12.3. The second-order valence-corrected chi connectivity index (χ2v) is 4.28. The third kappa shape index (κ3) is 1.91. The SMILES string of the molecule is Nc1nc2ccc(C(=O)N3CCNCC3)cc2o1. The van der Waals surface area contributed by atoms with E-state index in [1.807, 2.05) is 4.90 Å². The summed E-state index contributed by atoms with van der Waals surface area (Å²) in [7, 11) is 0. The molecule has 0 aliphatic carbocycles. The van der Waals surface area contributed by atoms with Crippen LogP contribution >= 0.6 is 0 Å². The molecular formula is C12H14N4O2. The molecule has 94 valence electrons. The Kier molecular flexibility index (Phi) is 2.64. The van der Waals surface area contributed by atoms with Crippen LogP contribution in [0.1, 0.15) is 10.4 Å². The van der Waals surface area contributed by atoms with Gasteiger partial charge in [-0.2, -0.15) is 4.98 Å². The molecule has 0 unspecified atom stereocenters. The van der Waals surface area contributed by atoms with E-state index in [1.54, 1.807) is 18.2 Å². The van der Waals surface area contributed by atoms with E-state index >= 15 is 0 Å². The predicted octanol–water partition coefficient (Wildman–Crippen LogP) is 0.455. The first-order valence-electron chi connectivity index (χ1n) is 5.90. The molecule has 1 amide bonds. The molecule has 0 saturated carbocycles. The Labute approximate surface area is 104 Å². The number of nitrogens with one attached hydrogen (secondary N) is 1. The van der Waals surface area contributed by atoms with Gasteiger partial charge in [-0.05, 0) is 18.2 Å². The van der Waals surface area contributed by atoms with Gasteiger partial charge in [-0.25, -0.2) is 0 Å². The highest BCUT2D eigenvalue weighted by Crippen LogP contribution is 2.19. The van der Waals surface area contributed by atoms with Gasteiger partial charge in [0.15, 0.2) is 5.58 Å². The van der Waals surface area contributed by atoms with Gasteiger partial charge < -0.3 is 20.4 Å². The maximum Gasteiger partial charge on any atom is 0.292 e. The fraction of sp³-hybridized carbons (Fsp3) is 0.333. The largest absolute Gasteiger partial charge is 0.424 e. The number of carbonyl (C=O) groups excluding carboxylic acids is 1. The van der Waals surface area contributed by atoms with Crippen LogP contribution in [-0.2, 0) is 0 Å². The average Bonchev–Trinajstić information content (AvgIpc) is 2.78. The number of nitrogens with two attached hydrogens (primary N) is 1. The van der Waals surface area contributed by atoms with E-state index in [-0.39, 0.29) is 11.9 Å². The third-order valence-electron chi connectivity index (χ3n) is 3.06. The average molecular weight is 246 g/mol. The Morgan fingerprint density at radius 1 is 1.39 bits per heavy atom. The highest BCUT2D eigenvalue weighted by Gasteiger charge is 2.18. The number of amides is 1. The monoisotopic (exact) mass is 246 g/mol. The van der Waals surface area contributed by atoms with Gasteiger partial charge in [0.25, 0.3) is 11.9 Å². The molecule has 3 rings (SSSR count). The van der Waals surface area contributed by atoms with Crippen molar-refractivity contribution < 1.29 is 9.21 Å². The highest BCUT2D eigenvalue weighted by atomic mass is 16.4. The normalized spacial score (nSPS) is 16.1. The van der Waals surface area contributed by atoms with Crippen LogP contribution in [0.5, 0.6) is 0 Å². The number of fused-ring (bicyclic) bond motifs is 1. The lowest BCUT2D eigenvalue weighted by Crippen LogP contribution is -2.46. The lowest BCUT2D eigenvalue weighted by atomic mass is 10.1. The lowest BCUT2D eigenvalue weighted by molar-refractivity contribution is 0.0736. The number of oxazole rings is 1. The molecule has 2 aromatic rings. The van der Waals surface area contributed by atoms with Gasteiger partial charge in [0.1, 0.15) is 5.52 Å². The second kappa shape index (κ2) is 4.30. The van der Waals surface area contributed by atoms with E-state index in [2.05, 4.69) is 10.3 Å².